The molecule has 216 valence electrons. The molecule has 1 fully saturated rings. The number of aliphatic hydroxyl groups excluding tert-OH is 1. The molecule has 1 N–H and O–H groups in total. The van der Waals surface area contributed by atoms with Crippen LogP contribution in [0.3, 0.4) is 0 Å². The van der Waals surface area contributed by atoms with E-state index in [0.717, 1.165) is 76.7 Å². The summed E-state index contributed by atoms with van der Waals surface area (Å²) in [6, 6.07) is 4.92. The number of alkyl halides is 3. The van der Waals surface area contributed by atoms with Crippen molar-refractivity contribution in [2.45, 2.75) is 122 Å². The summed E-state index contributed by atoms with van der Waals surface area (Å²) in [7, 11) is -2.12. The molecule has 0 spiro atoms. The maximum atomic E-state index is 13.2. The number of benzene rings is 1. The van der Waals surface area contributed by atoms with E-state index in [1.165, 1.54) is 18.6 Å². The van der Waals surface area contributed by atoms with Crippen molar-refractivity contribution in [3.63, 3.8) is 0 Å². The lowest BCUT2D eigenvalue weighted by Crippen LogP contribution is -2.44. The second-order valence-electron chi connectivity index (χ2n) is 13.9. The number of fused-ring (bicyclic) bond motifs is 1. The highest BCUT2D eigenvalue weighted by molar-refractivity contribution is 14.1. The zero-order chi connectivity index (χ0) is 29.0. The maximum absolute atomic E-state index is 13.2. The molecular weight excluding hydrogens is 630 g/mol. The fourth-order valence-electron chi connectivity index (χ4n) is 5.84. The average molecular weight is 674 g/mol. The van der Waals surface area contributed by atoms with Gasteiger partial charge in [-0.3, -0.25) is 4.98 Å². The van der Waals surface area contributed by atoms with E-state index < -0.39 is 26.2 Å². The molecule has 3 nitrogen and oxygen atoms in total. The second-order valence-corrected chi connectivity index (χ2v) is 19.7. The molecule has 2 atom stereocenters. The monoisotopic (exact) mass is 673 g/mol. The van der Waals surface area contributed by atoms with Crippen molar-refractivity contribution in [3.8, 4) is 0 Å². The summed E-state index contributed by atoms with van der Waals surface area (Å²) in [6.07, 6.45) is 1.57. The molecule has 0 aliphatic heterocycles. The van der Waals surface area contributed by atoms with Crippen molar-refractivity contribution >= 4 is 30.9 Å². The average Bonchev–Trinajstić information content (AvgIpc) is 2.81. The smallest absolute Gasteiger partial charge is 0.410 e. The van der Waals surface area contributed by atoms with Crippen LogP contribution in [0.2, 0.25) is 18.1 Å². The van der Waals surface area contributed by atoms with Crippen LogP contribution in [0, 0.1) is 8.99 Å². The largest absolute Gasteiger partial charge is 0.416 e. The van der Waals surface area contributed by atoms with Crippen molar-refractivity contribution in [1.29, 1.82) is 0 Å². The zero-order valence-electron chi connectivity index (χ0n) is 24.3. The van der Waals surface area contributed by atoms with Gasteiger partial charge < -0.3 is 9.53 Å². The van der Waals surface area contributed by atoms with E-state index in [-0.39, 0.29) is 22.5 Å². The Bertz CT molecular complexity index is 1180. The summed E-state index contributed by atoms with van der Waals surface area (Å²) in [5.74, 6) is 0.237. The minimum Gasteiger partial charge on any atom is -0.410 e. The Hall–Kier alpha value is -0.973. The van der Waals surface area contributed by atoms with Gasteiger partial charge in [-0.1, -0.05) is 66.0 Å². The molecule has 0 bridgehead atoms. The Morgan fingerprint density at radius 1 is 1.05 bits per heavy atom. The van der Waals surface area contributed by atoms with E-state index >= 15 is 0 Å². The van der Waals surface area contributed by atoms with Crippen LogP contribution in [0.15, 0.2) is 24.3 Å². The number of pyridine rings is 1. The molecule has 1 heterocycles. The molecule has 0 saturated heterocycles. The van der Waals surface area contributed by atoms with Gasteiger partial charge in [-0.2, -0.15) is 13.2 Å². The normalized spacial score (nSPS) is 21.5. The van der Waals surface area contributed by atoms with Crippen LogP contribution in [0.5, 0.6) is 0 Å². The summed E-state index contributed by atoms with van der Waals surface area (Å²) in [5, 5.41) is 11.8. The number of nitrogens with zero attached hydrogens (tertiary/aromatic N) is 1. The van der Waals surface area contributed by atoms with Gasteiger partial charge in [0.05, 0.1) is 17.4 Å². The van der Waals surface area contributed by atoms with Crippen LogP contribution in [0.25, 0.3) is 0 Å². The first-order valence-corrected chi connectivity index (χ1v) is 18.1. The van der Waals surface area contributed by atoms with Crippen LogP contribution in [-0.4, -0.2) is 18.4 Å². The Morgan fingerprint density at radius 3 is 2.18 bits per heavy atom. The van der Waals surface area contributed by atoms with Crippen molar-refractivity contribution in [3.05, 3.63) is 61.5 Å². The Morgan fingerprint density at radius 2 is 1.64 bits per heavy atom. The molecule has 8 heteroatoms. The molecule has 0 unspecified atom stereocenters. The quantitative estimate of drug-likeness (QED) is 0.254. The Kier molecular flexibility index (Phi) is 8.75. The Balaban J connectivity index is 1.88. The van der Waals surface area contributed by atoms with E-state index in [1.54, 1.807) is 0 Å². The van der Waals surface area contributed by atoms with E-state index in [1.807, 2.05) is 0 Å². The van der Waals surface area contributed by atoms with E-state index in [4.69, 9.17) is 9.41 Å². The zero-order valence-corrected chi connectivity index (χ0v) is 27.5. The standard InChI is InChI=1S/C31H43F3INO2Si/c1-29(2,3)39(6,7)38-23-18-30(4,5)17-22-24(23)26(35)25(27(36-22)19-11-9-8-10-12-19)28(37)20-13-15-21(16-14-20)31(32,33)34/h13-16,19,23,28,37H,8-12,17-18H2,1-7H3/t23-,28+/m0/s1. The predicted molar refractivity (Wildman–Crippen MR) is 161 cm³/mol. The van der Waals surface area contributed by atoms with Crippen LogP contribution in [0.1, 0.15) is 125 Å². The van der Waals surface area contributed by atoms with Gasteiger partial charge in [0.25, 0.3) is 0 Å². The highest BCUT2D eigenvalue weighted by atomic mass is 127. The molecule has 2 aliphatic rings. The Labute approximate surface area is 246 Å². The number of hydrogen-bond donors (Lipinski definition) is 1. The maximum Gasteiger partial charge on any atom is 0.416 e. The molecule has 2 aliphatic carbocycles. The van der Waals surface area contributed by atoms with Crippen LogP contribution < -0.4 is 0 Å². The lowest BCUT2D eigenvalue weighted by Gasteiger charge is -2.45. The topological polar surface area (TPSA) is 42.4 Å². The van der Waals surface area contributed by atoms with E-state index in [0.29, 0.717) is 5.56 Å². The van der Waals surface area contributed by atoms with Gasteiger partial charge in [-0.05, 0) is 89.5 Å². The lowest BCUT2D eigenvalue weighted by molar-refractivity contribution is -0.137. The predicted octanol–water partition coefficient (Wildman–Crippen LogP) is 9.87. The van der Waals surface area contributed by atoms with Gasteiger partial charge in [0.15, 0.2) is 8.32 Å². The fourth-order valence-corrected chi connectivity index (χ4v) is 8.34. The van der Waals surface area contributed by atoms with Crippen molar-refractivity contribution < 1.29 is 22.7 Å². The molecular formula is C31H43F3INO2Si. The van der Waals surface area contributed by atoms with Gasteiger partial charge in [0.2, 0.25) is 0 Å². The summed E-state index contributed by atoms with van der Waals surface area (Å²) in [5.41, 5.74) is 3.57. The second kappa shape index (κ2) is 11.0. The minimum atomic E-state index is -4.42. The molecule has 0 radical (unpaired) electrons. The summed E-state index contributed by atoms with van der Waals surface area (Å²) >= 11 is 2.36. The molecule has 39 heavy (non-hydrogen) atoms. The molecule has 2 aromatic rings. The first-order chi connectivity index (χ1) is 17.9. The van der Waals surface area contributed by atoms with E-state index in [9.17, 15) is 18.3 Å². The minimum absolute atomic E-state index is 0.0213. The molecule has 1 saturated carbocycles. The summed E-state index contributed by atoms with van der Waals surface area (Å²) in [4.78, 5) is 5.33. The van der Waals surface area contributed by atoms with Crippen molar-refractivity contribution in [1.82, 2.24) is 4.98 Å². The van der Waals surface area contributed by atoms with Gasteiger partial charge in [-0.25, -0.2) is 0 Å². The van der Waals surface area contributed by atoms with Gasteiger partial charge in [0, 0.05) is 26.3 Å². The lowest BCUT2D eigenvalue weighted by atomic mass is 9.73. The first-order valence-electron chi connectivity index (χ1n) is 14.2. The fraction of sp³-hybridized carbons (Fsp3) is 0.645. The third-order valence-electron chi connectivity index (χ3n) is 9.08. The third kappa shape index (κ3) is 6.59. The number of aromatic nitrogens is 1. The highest BCUT2D eigenvalue weighted by Gasteiger charge is 2.45. The molecule has 0 amide bonds. The number of rotatable bonds is 5. The van der Waals surface area contributed by atoms with Crippen molar-refractivity contribution in [2.75, 3.05) is 0 Å². The molecule has 1 aromatic carbocycles. The summed E-state index contributed by atoms with van der Waals surface area (Å²) < 4.78 is 47.7. The van der Waals surface area contributed by atoms with Gasteiger partial charge in [-0.15, -0.1) is 0 Å². The number of hydrogen-bond acceptors (Lipinski definition) is 3. The van der Waals surface area contributed by atoms with E-state index in [2.05, 4.69) is 70.3 Å². The van der Waals surface area contributed by atoms with Crippen LogP contribution in [-0.2, 0) is 17.0 Å². The summed E-state index contributed by atoms with van der Waals surface area (Å²) in [6.45, 7) is 15.8. The van der Waals surface area contributed by atoms with Crippen LogP contribution >= 0.6 is 22.6 Å². The third-order valence-corrected chi connectivity index (χ3v) is 14.7. The van der Waals surface area contributed by atoms with Gasteiger partial charge in [0.1, 0.15) is 6.10 Å². The molecule has 1 aromatic heterocycles. The van der Waals surface area contributed by atoms with Crippen LogP contribution in [0.4, 0.5) is 13.2 Å². The van der Waals surface area contributed by atoms with Gasteiger partial charge >= 0.3 is 6.18 Å². The number of halogens is 4. The molecule has 4 rings (SSSR count). The number of aliphatic hydroxyl groups is 1. The van der Waals surface area contributed by atoms with Crippen molar-refractivity contribution in [2.24, 2.45) is 5.41 Å². The highest BCUT2D eigenvalue weighted by Crippen LogP contribution is 2.51. The SMILES string of the molecule is CC1(C)Cc2nc(C3CCCCC3)c([C@H](O)c3ccc(C(F)(F)F)cc3)c(I)c2[C@@H](O[Si](C)(C)C(C)(C)C)C1. The first kappa shape index (κ1) is 31.0.